The van der Waals surface area contributed by atoms with Crippen LogP contribution in [0.2, 0.25) is 0 Å². The van der Waals surface area contributed by atoms with Crippen LogP contribution in [-0.2, 0) is 27.1 Å². The first kappa shape index (κ1) is 17.5. The van der Waals surface area contributed by atoms with Gasteiger partial charge in [0, 0.05) is 33.2 Å². The van der Waals surface area contributed by atoms with Crippen LogP contribution >= 0.6 is 11.3 Å². The van der Waals surface area contributed by atoms with Crippen molar-refractivity contribution >= 4 is 31.4 Å². The van der Waals surface area contributed by atoms with Crippen LogP contribution in [0.15, 0.2) is 32.8 Å². The summed E-state index contributed by atoms with van der Waals surface area (Å²) in [6.07, 6.45) is 1.33. The number of aromatic nitrogens is 2. The van der Waals surface area contributed by atoms with Gasteiger partial charge in [0.2, 0.25) is 10.0 Å². The summed E-state index contributed by atoms with van der Waals surface area (Å²) in [4.78, 5) is 0.166. The van der Waals surface area contributed by atoms with E-state index in [-0.39, 0.29) is 35.3 Å². The van der Waals surface area contributed by atoms with E-state index in [1.807, 2.05) is 0 Å². The van der Waals surface area contributed by atoms with Crippen molar-refractivity contribution in [2.75, 3.05) is 26.2 Å². The molecule has 11 heteroatoms. The Morgan fingerprint density at radius 3 is 2.08 bits per heavy atom. The second kappa shape index (κ2) is 6.23. The summed E-state index contributed by atoms with van der Waals surface area (Å²) in [6, 6.07) is 3.24. The lowest BCUT2D eigenvalue weighted by Gasteiger charge is -2.32. The molecule has 1 aliphatic heterocycles. The van der Waals surface area contributed by atoms with E-state index in [4.69, 9.17) is 0 Å². The van der Waals surface area contributed by atoms with E-state index in [2.05, 4.69) is 5.10 Å². The second-order valence-electron chi connectivity index (χ2n) is 5.46. The molecule has 0 aromatic carbocycles. The highest BCUT2D eigenvalue weighted by Crippen LogP contribution is 2.25. The number of hydrogen-bond donors (Lipinski definition) is 0. The number of sulfonamides is 2. The number of aryl methyl sites for hydroxylation is 1. The maximum absolute atomic E-state index is 12.7. The summed E-state index contributed by atoms with van der Waals surface area (Å²) in [5, 5.41) is 5.68. The molecular weight excluding hydrogens is 372 g/mol. The minimum atomic E-state index is -3.66. The molecule has 0 N–H and O–H groups in total. The summed E-state index contributed by atoms with van der Waals surface area (Å²) >= 11 is 1.16. The quantitative estimate of drug-likeness (QED) is 0.757. The normalized spacial score (nSPS) is 18.1. The van der Waals surface area contributed by atoms with Crippen LogP contribution in [0, 0.1) is 6.92 Å². The van der Waals surface area contributed by atoms with Crippen molar-refractivity contribution in [2.45, 2.75) is 16.0 Å². The Morgan fingerprint density at radius 1 is 1.04 bits per heavy atom. The number of rotatable bonds is 4. The molecule has 8 nitrogen and oxygen atoms in total. The maximum Gasteiger partial charge on any atom is 0.252 e. The van der Waals surface area contributed by atoms with Gasteiger partial charge < -0.3 is 0 Å². The summed E-state index contributed by atoms with van der Waals surface area (Å²) in [5.74, 6) is 0. The Kier molecular flexibility index (Phi) is 4.55. The van der Waals surface area contributed by atoms with E-state index in [1.54, 1.807) is 31.5 Å². The number of hydrogen-bond acceptors (Lipinski definition) is 6. The van der Waals surface area contributed by atoms with Crippen molar-refractivity contribution in [1.82, 2.24) is 18.4 Å². The average molecular weight is 391 g/mol. The Bertz CT molecular complexity index is 924. The molecule has 0 unspecified atom stereocenters. The van der Waals surface area contributed by atoms with Crippen LogP contribution in [0.1, 0.15) is 5.69 Å². The zero-order chi connectivity index (χ0) is 17.5. The first-order chi connectivity index (χ1) is 11.2. The maximum atomic E-state index is 12.7. The third-order valence-corrected chi connectivity index (χ3v) is 9.37. The fourth-order valence-corrected chi connectivity index (χ4v) is 6.73. The molecule has 132 valence electrons. The van der Waals surface area contributed by atoms with E-state index in [9.17, 15) is 16.8 Å². The highest BCUT2D eigenvalue weighted by molar-refractivity contribution is 7.91. The Hall–Kier alpha value is -1.27. The Labute approximate surface area is 145 Å². The van der Waals surface area contributed by atoms with Gasteiger partial charge >= 0.3 is 0 Å². The van der Waals surface area contributed by atoms with E-state index in [0.29, 0.717) is 5.69 Å². The first-order valence-corrected chi connectivity index (χ1v) is 11.0. The lowest BCUT2D eigenvalue weighted by Crippen LogP contribution is -2.50. The summed E-state index contributed by atoms with van der Waals surface area (Å²) in [7, 11) is -5.53. The van der Waals surface area contributed by atoms with Gasteiger partial charge in [-0.15, -0.1) is 11.3 Å². The van der Waals surface area contributed by atoms with E-state index >= 15 is 0 Å². The standard InChI is InChI=1S/C13H18N4O4S3/c1-11-12(10-14-15(11)2)23(18,19)16-5-7-17(8-6-16)24(20,21)13-4-3-9-22-13/h3-4,9-10H,5-8H2,1-2H3. The predicted octanol–water partition coefficient (Wildman–Crippen LogP) is 0.485. The SMILES string of the molecule is Cc1c(S(=O)(=O)N2CCN(S(=O)(=O)c3cccs3)CC2)cnn1C. The van der Waals surface area contributed by atoms with Gasteiger partial charge in [-0.2, -0.15) is 13.7 Å². The van der Waals surface area contributed by atoms with Gasteiger partial charge in [-0.1, -0.05) is 6.07 Å². The third-order valence-electron chi connectivity index (χ3n) is 4.09. The molecule has 3 rings (SSSR count). The van der Waals surface area contributed by atoms with Crippen LogP contribution in [0.25, 0.3) is 0 Å². The molecule has 1 aliphatic rings. The second-order valence-corrected chi connectivity index (χ2v) is 10.5. The molecule has 0 spiro atoms. The molecular formula is C13H18N4O4S3. The lowest BCUT2D eigenvalue weighted by atomic mass is 10.4. The van der Waals surface area contributed by atoms with Gasteiger partial charge in [-0.25, -0.2) is 16.8 Å². The van der Waals surface area contributed by atoms with Gasteiger partial charge in [0.15, 0.2) is 0 Å². The summed E-state index contributed by atoms with van der Waals surface area (Å²) in [6.45, 7) is 2.22. The monoisotopic (exact) mass is 390 g/mol. The van der Waals surface area contributed by atoms with Crippen LogP contribution in [0.3, 0.4) is 0 Å². The van der Waals surface area contributed by atoms with Gasteiger partial charge in [-0.05, 0) is 18.4 Å². The van der Waals surface area contributed by atoms with Crippen molar-refractivity contribution in [1.29, 1.82) is 0 Å². The predicted molar refractivity (Wildman–Crippen MR) is 89.8 cm³/mol. The molecule has 0 atom stereocenters. The molecule has 0 aliphatic carbocycles. The van der Waals surface area contributed by atoms with Gasteiger partial charge in [0.05, 0.1) is 11.9 Å². The van der Waals surface area contributed by atoms with Gasteiger partial charge in [-0.3, -0.25) is 4.68 Å². The van der Waals surface area contributed by atoms with Crippen molar-refractivity contribution < 1.29 is 16.8 Å². The van der Waals surface area contributed by atoms with E-state index in [0.717, 1.165) is 11.3 Å². The molecule has 1 saturated heterocycles. The first-order valence-electron chi connectivity index (χ1n) is 7.27. The molecule has 2 aromatic heterocycles. The highest BCUT2D eigenvalue weighted by atomic mass is 32.2. The largest absolute Gasteiger partial charge is 0.272 e. The molecule has 1 fully saturated rings. The molecule has 0 amide bonds. The van der Waals surface area contributed by atoms with E-state index in [1.165, 1.54) is 19.5 Å². The van der Waals surface area contributed by atoms with Crippen molar-refractivity contribution in [2.24, 2.45) is 7.05 Å². The van der Waals surface area contributed by atoms with E-state index < -0.39 is 20.0 Å². The number of nitrogens with zero attached hydrogens (tertiary/aromatic N) is 4. The van der Waals surface area contributed by atoms with Gasteiger partial charge in [0.25, 0.3) is 10.0 Å². The zero-order valence-corrected chi connectivity index (χ0v) is 15.7. The molecule has 3 heterocycles. The zero-order valence-electron chi connectivity index (χ0n) is 13.3. The third kappa shape index (κ3) is 2.90. The Balaban J connectivity index is 1.77. The number of thiophene rings is 1. The minimum absolute atomic E-state index is 0.126. The topological polar surface area (TPSA) is 92.6 Å². The lowest BCUT2D eigenvalue weighted by molar-refractivity contribution is 0.273. The fourth-order valence-electron chi connectivity index (χ4n) is 2.56. The van der Waals surface area contributed by atoms with Crippen LogP contribution in [0.5, 0.6) is 0 Å². The smallest absolute Gasteiger partial charge is 0.252 e. The average Bonchev–Trinajstić information content (AvgIpc) is 3.19. The highest BCUT2D eigenvalue weighted by Gasteiger charge is 2.35. The van der Waals surface area contributed by atoms with Crippen LogP contribution in [-0.4, -0.2) is 61.4 Å². The van der Waals surface area contributed by atoms with Gasteiger partial charge in [0.1, 0.15) is 9.10 Å². The van der Waals surface area contributed by atoms with Crippen molar-refractivity contribution in [3.05, 3.63) is 29.4 Å². The fraction of sp³-hybridized carbons (Fsp3) is 0.462. The minimum Gasteiger partial charge on any atom is -0.272 e. The molecule has 0 radical (unpaired) electrons. The summed E-state index contributed by atoms with van der Waals surface area (Å²) < 4.78 is 54.8. The summed E-state index contributed by atoms with van der Waals surface area (Å²) in [5.41, 5.74) is 0.559. The Morgan fingerprint density at radius 2 is 1.62 bits per heavy atom. The molecule has 2 aromatic rings. The number of piperazine rings is 1. The molecule has 24 heavy (non-hydrogen) atoms. The molecule has 0 bridgehead atoms. The molecule has 0 saturated carbocycles. The van der Waals surface area contributed by atoms with Crippen molar-refractivity contribution in [3.63, 3.8) is 0 Å². The van der Waals surface area contributed by atoms with Crippen LogP contribution in [0.4, 0.5) is 0 Å². The van der Waals surface area contributed by atoms with Crippen molar-refractivity contribution in [3.8, 4) is 0 Å². The van der Waals surface area contributed by atoms with Crippen LogP contribution < -0.4 is 0 Å².